The van der Waals surface area contributed by atoms with E-state index in [4.69, 9.17) is 0 Å². The van der Waals surface area contributed by atoms with Crippen molar-refractivity contribution in [2.75, 3.05) is 22.8 Å². The summed E-state index contributed by atoms with van der Waals surface area (Å²) in [6.45, 7) is 4.24. The Balaban J connectivity index is 2.04. The van der Waals surface area contributed by atoms with Gasteiger partial charge in [-0.25, -0.2) is 8.42 Å². The topological polar surface area (TPSA) is 95.6 Å². The molecular formula is C15H21N3O4S. The van der Waals surface area contributed by atoms with Gasteiger partial charge in [0.1, 0.15) is 0 Å². The fourth-order valence-electron chi connectivity index (χ4n) is 2.53. The molecule has 0 aliphatic carbocycles. The standard InChI is InChI=1S/C15H21N3O4S/c1-10(2)18-9-11(7-14(18)19)15(20)16-12-5-4-6-13(8-12)17-23(3,21)22/h4-6,8,10-11,17H,7,9H2,1-3H3,(H,16,20). The molecule has 23 heavy (non-hydrogen) atoms. The summed E-state index contributed by atoms with van der Waals surface area (Å²) in [5.74, 6) is -0.651. The summed E-state index contributed by atoms with van der Waals surface area (Å²) in [4.78, 5) is 25.8. The summed E-state index contributed by atoms with van der Waals surface area (Å²) in [6, 6.07) is 6.51. The van der Waals surface area contributed by atoms with Crippen LogP contribution in [-0.2, 0) is 19.6 Å². The summed E-state index contributed by atoms with van der Waals surface area (Å²) in [5.41, 5.74) is 0.857. The van der Waals surface area contributed by atoms with Gasteiger partial charge in [-0.15, -0.1) is 0 Å². The molecule has 2 amide bonds. The summed E-state index contributed by atoms with van der Waals surface area (Å²) in [6.07, 6.45) is 1.26. The molecule has 1 aromatic carbocycles. The van der Waals surface area contributed by atoms with Crippen LogP contribution in [0.1, 0.15) is 20.3 Å². The van der Waals surface area contributed by atoms with Gasteiger partial charge in [-0.05, 0) is 32.0 Å². The van der Waals surface area contributed by atoms with E-state index in [9.17, 15) is 18.0 Å². The van der Waals surface area contributed by atoms with Gasteiger partial charge in [0.05, 0.1) is 17.9 Å². The van der Waals surface area contributed by atoms with Crippen molar-refractivity contribution in [3.8, 4) is 0 Å². The second-order valence-corrected chi connectivity index (χ2v) is 7.73. The Labute approximate surface area is 136 Å². The molecule has 2 N–H and O–H groups in total. The van der Waals surface area contributed by atoms with Crippen molar-refractivity contribution < 1.29 is 18.0 Å². The highest BCUT2D eigenvalue weighted by molar-refractivity contribution is 7.92. The van der Waals surface area contributed by atoms with Gasteiger partial charge < -0.3 is 10.2 Å². The summed E-state index contributed by atoms with van der Waals surface area (Å²) in [5, 5.41) is 2.74. The van der Waals surface area contributed by atoms with Crippen LogP contribution in [0.3, 0.4) is 0 Å². The Morgan fingerprint density at radius 1 is 1.30 bits per heavy atom. The lowest BCUT2D eigenvalue weighted by Crippen LogP contribution is -2.33. The van der Waals surface area contributed by atoms with E-state index in [0.29, 0.717) is 17.9 Å². The predicted octanol–water partition coefficient (Wildman–Crippen LogP) is 1.25. The Hall–Kier alpha value is -2.09. The first kappa shape index (κ1) is 17.3. The van der Waals surface area contributed by atoms with Crippen LogP contribution in [0.2, 0.25) is 0 Å². The molecule has 0 bridgehead atoms. The van der Waals surface area contributed by atoms with Gasteiger partial charge in [-0.3, -0.25) is 14.3 Å². The maximum atomic E-state index is 12.3. The molecule has 7 nitrogen and oxygen atoms in total. The van der Waals surface area contributed by atoms with Gasteiger partial charge in [0.2, 0.25) is 21.8 Å². The molecule has 1 fully saturated rings. The number of hydrogen-bond donors (Lipinski definition) is 2. The van der Waals surface area contributed by atoms with Crippen LogP contribution < -0.4 is 10.0 Å². The number of hydrogen-bond acceptors (Lipinski definition) is 4. The number of anilines is 2. The van der Waals surface area contributed by atoms with Gasteiger partial charge in [-0.2, -0.15) is 0 Å². The highest BCUT2D eigenvalue weighted by Gasteiger charge is 2.35. The molecule has 1 aliphatic rings. The van der Waals surface area contributed by atoms with Crippen LogP contribution >= 0.6 is 0 Å². The van der Waals surface area contributed by atoms with Crippen molar-refractivity contribution in [3.05, 3.63) is 24.3 Å². The lowest BCUT2D eigenvalue weighted by atomic mass is 10.1. The van der Waals surface area contributed by atoms with Crippen LogP contribution in [0, 0.1) is 5.92 Å². The SMILES string of the molecule is CC(C)N1CC(C(=O)Nc2cccc(NS(C)(=O)=O)c2)CC1=O. The third-order valence-corrected chi connectivity index (χ3v) is 4.19. The van der Waals surface area contributed by atoms with Crippen molar-refractivity contribution in [2.24, 2.45) is 5.92 Å². The molecule has 1 unspecified atom stereocenters. The maximum Gasteiger partial charge on any atom is 0.229 e. The van der Waals surface area contributed by atoms with Crippen LogP contribution in [0.4, 0.5) is 11.4 Å². The Morgan fingerprint density at radius 2 is 1.96 bits per heavy atom. The molecule has 0 saturated carbocycles. The van der Waals surface area contributed by atoms with Crippen LogP contribution in [0.15, 0.2) is 24.3 Å². The van der Waals surface area contributed by atoms with Crippen LogP contribution in [0.5, 0.6) is 0 Å². The van der Waals surface area contributed by atoms with Crippen molar-refractivity contribution in [3.63, 3.8) is 0 Å². The van der Waals surface area contributed by atoms with Gasteiger partial charge in [-0.1, -0.05) is 6.07 Å². The molecule has 1 aromatic rings. The first-order valence-electron chi connectivity index (χ1n) is 7.34. The van der Waals surface area contributed by atoms with E-state index in [2.05, 4.69) is 10.0 Å². The minimum atomic E-state index is -3.38. The van der Waals surface area contributed by atoms with Crippen LogP contribution in [-0.4, -0.2) is 44.0 Å². The van der Waals surface area contributed by atoms with Crippen LogP contribution in [0.25, 0.3) is 0 Å². The van der Waals surface area contributed by atoms with E-state index in [0.717, 1.165) is 6.26 Å². The van der Waals surface area contributed by atoms with E-state index in [1.165, 1.54) is 6.07 Å². The summed E-state index contributed by atoms with van der Waals surface area (Å²) in [7, 11) is -3.38. The number of rotatable bonds is 5. The highest BCUT2D eigenvalue weighted by atomic mass is 32.2. The van der Waals surface area contributed by atoms with Gasteiger partial charge in [0.15, 0.2) is 0 Å². The monoisotopic (exact) mass is 339 g/mol. The highest BCUT2D eigenvalue weighted by Crippen LogP contribution is 2.23. The molecule has 0 aromatic heterocycles. The number of carbonyl (C=O) groups is 2. The third-order valence-electron chi connectivity index (χ3n) is 3.59. The summed E-state index contributed by atoms with van der Waals surface area (Å²) >= 11 is 0. The minimum Gasteiger partial charge on any atom is -0.339 e. The Morgan fingerprint density at radius 3 is 2.52 bits per heavy atom. The number of nitrogens with one attached hydrogen (secondary N) is 2. The average Bonchev–Trinajstić information content (AvgIpc) is 2.79. The Bertz CT molecular complexity index is 715. The number of likely N-dealkylation sites (tertiary alicyclic amines) is 1. The van der Waals surface area contributed by atoms with Crippen molar-refractivity contribution in [1.82, 2.24) is 4.90 Å². The van der Waals surface area contributed by atoms with Crippen molar-refractivity contribution in [1.29, 1.82) is 0 Å². The normalized spacial score (nSPS) is 18.3. The molecule has 1 saturated heterocycles. The second kappa shape index (κ2) is 6.57. The second-order valence-electron chi connectivity index (χ2n) is 5.99. The molecule has 1 aliphatic heterocycles. The number of sulfonamides is 1. The molecule has 0 radical (unpaired) electrons. The van der Waals surface area contributed by atoms with E-state index in [-0.39, 0.29) is 24.3 Å². The first-order chi connectivity index (χ1) is 10.7. The minimum absolute atomic E-state index is 0.0207. The molecular weight excluding hydrogens is 318 g/mol. The van der Waals surface area contributed by atoms with Gasteiger partial charge in [0.25, 0.3) is 0 Å². The summed E-state index contributed by atoms with van der Waals surface area (Å²) < 4.78 is 24.8. The molecule has 1 atom stereocenters. The quantitative estimate of drug-likeness (QED) is 0.844. The fourth-order valence-corrected chi connectivity index (χ4v) is 3.08. The first-order valence-corrected chi connectivity index (χ1v) is 9.23. The largest absolute Gasteiger partial charge is 0.339 e. The predicted molar refractivity (Wildman–Crippen MR) is 88.5 cm³/mol. The van der Waals surface area contributed by atoms with Gasteiger partial charge in [0, 0.05) is 24.7 Å². The average molecular weight is 339 g/mol. The molecule has 1 heterocycles. The Kier molecular flexibility index (Phi) is 4.93. The molecule has 0 spiro atoms. The fraction of sp³-hybridized carbons (Fsp3) is 0.467. The molecule has 8 heteroatoms. The number of nitrogens with zero attached hydrogens (tertiary/aromatic N) is 1. The molecule has 126 valence electrons. The maximum absolute atomic E-state index is 12.3. The third kappa shape index (κ3) is 4.69. The zero-order chi connectivity index (χ0) is 17.2. The van der Waals surface area contributed by atoms with E-state index >= 15 is 0 Å². The van der Waals surface area contributed by atoms with Gasteiger partial charge >= 0.3 is 0 Å². The zero-order valence-corrected chi connectivity index (χ0v) is 14.2. The number of amides is 2. The van der Waals surface area contributed by atoms with Crippen molar-refractivity contribution >= 4 is 33.2 Å². The lowest BCUT2D eigenvalue weighted by molar-refractivity contribution is -0.129. The van der Waals surface area contributed by atoms with E-state index in [1.54, 1.807) is 23.1 Å². The lowest BCUT2D eigenvalue weighted by Gasteiger charge is -2.20. The van der Waals surface area contributed by atoms with Crippen molar-refractivity contribution in [2.45, 2.75) is 26.3 Å². The van der Waals surface area contributed by atoms with E-state index < -0.39 is 15.9 Å². The van der Waals surface area contributed by atoms with E-state index in [1.807, 2.05) is 13.8 Å². The number of benzene rings is 1. The smallest absolute Gasteiger partial charge is 0.229 e. The zero-order valence-electron chi connectivity index (χ0n) is 13.4. The number of carbonyl (C=O) groups excluding carboxylic acids is 2. The molecule has 2 rings (SSSR count).